The van der Waals surface area contributed by atoms with E-state index in [-0.39, 0.29) is 11.2 Å². The van der Waals surface area contributed by atoms with Crippen LogP contribution >= 0.6 is 23.1 Å². The number of hydrogen-bond acceptors (Lipinski definition) is 6. The lowest BCUT2D eigenvalue weighted by molar-refractivity contribution is -0.902. The molecule has 1 atom stereocenters. The summed E-state index contributed by atoms with van der Waals surface area (Å²) in [4.78, 5) is 16.1. The van der Waals surface area contributed by atoms with Crippen LogP contribution in [0.25, 0.3) is 0 Å². The molecule has 1 aliphatic heterocycles. The fourth-order valence-corrected chi connectivity index (χ4v) is 4.33. The zero-order valence-corrected chi connectivity index (χ0v) is 14.8. The van der Waals surface area contributed by atoms with Gasteiger partial charge in [-0.3, -0.25) is 4.79 Å². The Morgan fingerprint density at radius 3 is 2.91 bits per heavy atom. The summed E-state index contributed by atoms with van der Waals surface area (Å²) >= 11 is 2.96. The van der Waals surface area contributed by atoms with Crippen LogP contribution in [0.3, 0.4) is 0 Å². The molecule has 1 amide bonds. The Kier molecular flexibility index (Phi) is 6.66. The van der Waals surface area contributed by atoms with Crippen LogP contribution in [-0.2, 0) is 4.79 Å². The monoisotopic (exact) mass is 342 g/mol. The molecule has 2 rings (SSSR count). The van der Waals surface area contributed by atoms with Gasteiger partial charge in [-0.05, 0) is 13.8 Å². The quantitative estimate of drug-likeness (QED) is 0.554. The molecule has 22 heavy (non-hydrogen) atoms. The molecule has 2 N–H and O–H groups in total. The molecule has 0 saturated carbocycles. The maximum Gasteiger partial charge on any atom is 0.236 e. The van der Waals surface area contributed by atoms with E-state index in [2.05, 4.69) is 29.0 Å². The second kappa shape index (κ2) is 8.50. The molecule has 0 spiro atoms. The van der Waals surface area contributed by atoms with Crippen molar-refractivity contribution in [1.82, 2.24) is 15.1 Å². The predicted octanol–water partition coefficient (Wildman–Crippen LogP) is 0.364. The van der Waals surface area contributed by atoms with Crippen molar-refractivity contribution >= 4 is 34.1 Å². The number of thioether (sulfide) groups is 1. The zero-order valence-electron chi connectivity index (χ0n) is 13.2. The SMILES string of the molecule is C=CCNc1nnc(S[C@@H](C)C(=O)N2CC[NH+](CC)CC2)s1. The smallest absolute Gasteiger partial charge is 0.236 e. The molecule has 2 heterocycles. The Morgan fingerprint density at radius 1 is 1.55 bits per heavy atom. The molecule has 1 aromatic rings. The van der Waals surface area contributed by atoms with Gasteiger partial charge in [0.05, 0.1) is 38.0 Å². The van der Waals surface area contributed by atoms with E-state index in [9.17, 15) is 4.79 Å². The van der Waals surface area contributed by atoms with Gasteiger partial charge in [-0.15, -0.1) is 16.8 Å². The zero-order chi connectivity index (χ0) is 15.9. The molecule has 0 aliphatic carbocycles. The lowest BCUT2D eigenvalue weighted by Gasteiger charge is -2.32. The molecule has 1 aromatic heterocycles. The minimum atomic E-state index is -0.122. The minimum absolute atomic E-state index is 0.122. The summed E-state index contributed by atoms with van der Waals surface area (Å²) in [7, 11) is 0. The Morgan fingerprint density at radius 2 is 2.27 bits per heavy atom. The number of rotatable bonds is 7. The number of nitrogens with zero attached hydrogens (tertiary/aromatic N) is 3. The van der Waals surface area contributed by atoms with Crippen molar-refractivity contribution in [3.8, 4) is 0 Å². The largest absolute Gasteiger partial charge is 0.357 e. The van der Waals surface area contributed by atoms with Crippen molar-refractivity contribution < 1.29 is 9.69 Å². The molecule has 1 aliphatic rings. The van der Waals surface area contributed by atoms with Gasteiger partial charge < -0.3 is 15.1 Å². The summed E-state index contributed by atoms with van der Waals surface area (Å²) < 4.78 is 0.824. The third-order valence-corrected chi connectivity index (χ3v) is 5.76. The third kappa shape index (κ3) is 4.69. The van der Waals surface area contributed by atoms with E-state index in [4.69, 9.17) is 0 Å². The highest BCUT2D eigenvalue weighted by molar-refractivity contribution is 8.02. The van der Waals surface area contributed by atoms with E-state index in [1.165, 1.54) is 23.1 Å². The average Bonchev–Trinajstić information content (AvgIpc) is 2.99. The number of carbonyl (C=O) groups excluding carboxylic acids is 1. The van der Waals surface area contributed by atoms with Gasteiger partial charge in [0, 0.05) is 6.54 Å². The summed E-state index contributed by atoms with van der Waals surface area (Å²) in [6, 6.07) is 0. The Hall–Kier alpha value is -1.12. The number of amides is 1. The minimum Gasteiger partial charge on any atom is -0.357 e. The van der Waals surface area contributed by atoms with E-state index in [1.807, 2.05) is 11.8 Å². The van der Waals surface area contributed by atoms with Gasteiger partial charge in [-0.1, -0.05) is 29.2 Å². The van der Waals surface area contributed by atoms with E-state index in [0.29, 0.717) is 6.54 Å². The average molecular weight is 343 g/mol. The Labute approximate surface area is 140 Å². The maximum absolute atomic E-state index is 12.5. The van der Waals surface area contributed by atoms with Crippen LogP contribution in [0.15, 0.2) is 17.0 Å². The van der Waals surface area contributed by atoms with Crippen LogP contribution < -0.4 is 10.2 Å². The Bertz CT molecular complexity index is 499. The van der Waals surface area contributed by atoms with Crippen LogP contribution in [0.4, 0.5) is 5.13 Å². The summed E-state index contributed by atoms with van der Waals surface area (Å²) in [5.41, 5.74) is 0. The van der Waals surface area contributed by atoms with Crippen LogP contribution in [0.5, 0.6) is 0 Å². The first-order valence-electron chi connectivity index (χ1n) is 7.61. The molecule has 0 aromatic carbocycles. The lowest BCUT2D eigenvalue weighted by Crippen LogP contribution is -3.14. The van der Waals surface area contributed by atoms with Crippen LogP contribution in [-0.4, -0.2) is 65.5 Å². The Balaban J connectivity index is 1.83. The molecule has 122 valence electrons. The van der Waals surface area contributed by atoms with Crippen LogP contribution in [0.1, 0.15) is 13.8 Å². The van der Waals surface area contributed by atoms with E-state index < -0.39 is 0 Å². The first kappa shape index (κ1) is 17.2. The summed E-state index contributed by atoms with van der Waals surface area (Å²) in [5.74, 6) is 0.205. The number of piperazine rings is 1. The first-order valence-corrected chi connectivity index (χ1v) is 9.31. The number of quaternary nitrogens is 1. The molecule has 0 radical (unpaired) electrons. The molecule has 1 saturated heterocycles. The van der Waals surface area contributed by atoms with E-state index >= 15 is 0 Å². The molecule has 8 heteroatoms. The molecule has 0 unspecified atom stereocenters. The topological polar surface area (TPSA) is 62.6 Å². The normalized spacial score (nSPS) is 17.3. The predicted molar refractivity (Wildman–Crippen MR) is 91.7 cm³/mol. The highest BCUT2D eigenvalue weighted by atomic mass is 32.2. The molecule has 0 bridgehead atoms. The second-order valence-corrected chi connectivity index (χ2v) is 7.80. The second-order valence-electron chi connectivity index (χ2n) is 5.23. The third-order valence-electron chi connectivity index (χ3n) is 3.71. The number of anilines is 1. The van der Waals surface area contributed by atoms with Crippen molar-refractivity contribution in [2.45, 2.75) is 23.4 Å². The van der Waals surface area contributed by atoms with Gasteiger partial charge in [0.15, 0.2) is 4.34 Å². The fraction of sp³-hybridized carbons (Fsp3) is 0.643. The molecular weight excluding hydrogens is 318 g/mol. The van der Waals surface area contributed by atoms with Crippen molar-refractivity contribution in [1.29, 1.82) is 0 Å². The molecule has 6 nitrogen and oxygen atoms in total. The van der Waals surface area contributed by atoms with Gasteiger partial charge in [0.2, 0.25) is 11.0 Å². The summed E-state index contributed by atoms with van der Waals surface area (Å²) in [5, 5.41) is 11.9. The molecule has 1 fully saturated rings. The number of carbonyl (C=O) groups is 1. The highest BCUT2D eigenvalue weighted by Gasteiger charge is 2.27. The van der Waals surface area contributed by atoms with Crippen molar-refractivity contribution in [2.24, 2.45) is 0 Å². The van der Waals surface area contributed by atoms with Crippen molar-refractivity contribution in [3.05, 3.63) is 12.7 Å². The molecular formula is C14H24N5OS2+. The van der Waals surface area contributed by atoms with Gasteiger partial charge in [-0.25, -0.2) is 0 Å². The number of nitrogens with one attached hydrogen (secondary N) is 2. The van der Waals surface area contributed by atoms with Gasteiger partial charge in [-0.2, -0.15) is 0 Å². The summed E-state index contributed by atoms with van der Waals surface area (Å²) in [6.45, 7) is 13.4. The number of likely N-dealkylation sites (N-methyl/N-ethyl adjacent to an activating group) is 1. The maximum atomic E-state index is 12.5. The lowest BCUT2D eigenvalue weighted by atomic mass is 10.3. The standard InChI is InChI=1S/C14H23N5OS2/c1-4-6-15-13-16-17-14(22-13)21-11(3)12(20)19-9-7-18(5-2)8-10-19/h4,11H,1,5-10H2,2-3H3,(H,15,16)/p+1/t11-/m0/s1. The number of aromatic nitrogens is 2. The van der Waals surface area contributed by atoms with E-state index in [1.54, 1.807) is 11.0 Å². The number of hydrogen-bond donors (Lipinski definition) is 2. The van der Waals surface area contributed by atoms with Crippen molar-refractivity contribution in [2.75, 3.05) is 44.6 Å². The van der Waals surface area contributed by atoms with Gasteiger partial charge in [0.25, 0.3) is 0 Å². The fourth-order valence-electron chi connectivity index (χ4n) is 2.34. The van der Waals surface area contributed by atoms with E-state index in [0.717, 1.165) is 42.2 Å². The van der Waals surface area contributed by atoms with Gasteiger partial charge >= 0.3 is 0 Å². The van der Waals surface area contributed by atoms with Crippen molar-refractivity contribution in [3.63, 3.8) is 0 Å². The van der Waals surface area contributed by atoms with Gasteiger partial charge in [0.1, 0.15) is 0 Å². The van der Waals surface area contributed by atoms with Crippen LogP contribution in [0.2, 0.25) is 0 Å². The van der Waals surface area contributed by atoms with Crippen LogP contribution in [0, 0.1) is 0 Å². The summed E-state index contributed by atoms with van der Waals surface area (Å²) in [6.07, 6.45) is 1.78. The highest BCUT2D eigenvalue weighted by Crippen LogP contribution is 2.29. The first-order chi connectivity index (χ1) is 10.6.